The van der Waals surface area contributed by atoms with E-state index >= 15 is 0 Å². The first kappa shape index (κ1) is 17.2. The third-order valence-corrected chi connectivity index (χ3v) is 3.37. The summed E-state index contributed by atoms with van der Waals surface area (Å²) in [7, 11) is 0. The van der Waals surface area contributed by atoms with Crippen molar-refractivity contribution in [2.45, 2.75) is 57.5 Å². The molecular formula is C15H24N2O4. The van der Waals surface area contributed by atoms with Crippen molar-refractivity contribution < 1.29 is 19.4 Å². The van der Waals surface area contributed by atoms with E-state index in [0.717, 1.165) is 32.1 Å². The zero-order chi connectivity index (χ0) is 15.5. The summed E-state index contributed by atoms with van der Waals surface area (Å²) in [6.45, 7) is 0.443. The lowest BCUT2D eigenvalue weighted by molar-refractivity contribution is -0.129. The minimum atomic E-state index is -1.18. The van der Waals surface area contributed by atoms with Gasteiger partial charge in [-0.3, -0.25) is 5.41 Å². The van der Waals surface area contributed by atoms with Crippen molar-refractivity contribution in [2.75, 3.05) is 6.54 Å². The molecule has 1 amide bonds. The molecule has 0 radical (unpaired) electrons. The zero-order valence-corrected chi connectivity index (χ0v) is 12.3. The predicted molar refractivity (Wildman–Crippen MR) is 79.7 cm³/mol. The Morgan fingerprint density at radius 3 is 2.76 bits per heavy atom. The van der Waals surface area contributed by atoms with Gasteiger partial charge in [0.25, 0.3) is 0 Å². The fraction of sp³-hybridized carbons (Fsp3) is 0.667. The lowest BCUT2D eigenvalue weighted by Crippen LogP contribution is -2.30. The molecule has 0 spiro atoms. The Bertz CT molecular complexity index is 393. The molecule has 1 aliphatic carbocycles. The number of hydrogen-bond donors (Lipinski definition) is 3. The van der Waals surface area contributed by atoms with Gasteiger partial charge in [-0.05, 0) is 51.4 Å². The quantitative estimate of drug-likeness (QED) is 0.382. The third kappa shape index (κ3) is 8.12. The smallest absolute Gasteiger partial charge is 0.407 e. The molecule has 0 saturated heterocycles. The van der Waals surface area contributed by atoms with Crippen LogP contribution in [0.5, 0.6) is 0 Å². The van der Waals surface area contributed by atoms with E-state index in [0.29, 0.717) is 19.4 Å². The Labute approximate surface area is 125 Å². The minimum absolute atomic E-state index is 0.0184. The number of allylic oxidation sites excluding steroid dienone is 2. The zero-order valence-electron chi connectivity index (χ0n) is 12.3. The highest BCUT2D eigenvalue weighted by Crippen LogP contribution is 2.15. The monoisotopic (exact) mass is 296 g/mol. The normalized spacial score (nSPS) is 18.4. The number of aliphatic carboxylic acids is 1. The van der Waals surface area contributed by atoms with E-state index in [1.165, 1.54) is 0 Å². The number of ether oxygens (including phenoxy) is 1. The molecule has 21 heavy (non-hydrogen) atoms. The van der Waals surface area contributed by atoms with Crippen LogP contribution in [-0.2, 0) is 9.53 Å². The molecule has 6 heteroatoms. The van der Waals surface area contributed by atoms with Crippen molar-refractivity contribution in [3.8, 4) is 0 Å². The maximum Gasteiger partial charge on any atom is 0.407 e. The topological polar surface area (TPSA) is 99.5 Å². The highest BCUT2D eigenvalue weighted by molar-refractivity contribution is 6.34. The fourth-order valence-corrected chi connectivity index (χ4v) is 2.16. The number of alkyl carbamates (subject to hydrolysis) is 1. The molecule has 3 N–H and O–H groups in total. The van der Waals surface area contributed by atoms with Crippen molar-refractivity contribution in [1.29, 1.82) is 5.41 Å². The second kappa shape index (κ2) is 9.96. The number of amides is 1. The van der Waals surface area contributed by atoms with Crippen LogP contribution >= 0.6 is 0 Å². The number of hydrogen-bond acceptors (Lipinski definition) is 4. The van der Waals surface area contributed by atoms with Gasteiger partial charge in [-0.1, -0.05) is 12.2 Å². The first-order chi connectivity index (χ1) is 10.1. The van der Waals surface area contributed by atoms with Crippen molar-refractivity contribution >= 4 is 17.8 Å². The molecule has 1 rings (SSSR count). The molecule has 6 nitrogen and oxygen atoms in total. The highest BCUT2D eigenvalue weighted by atomic mass is 16.6. The lowest BCUT2D eigenvalue weighted by Gasteiger charge is -2.18. The lowest BCUT2D eigenvalue weighted by atomic mass is 10.0. The van der Waals surface area contributed by atoms with Crippen LogP contribution in [0.1, 0.15) is 51.4 Å². The van der Waals surface area contributed by atoms with Crippen LogP contribution in [0.3, 0.4) is 0 Å². The van der Waals surface area contributed by atoms with Gasteiger partial charge in [0.1, 0.15) is 11.8 Å². The van der Waals surface area contributed by atoms with Crippen LogP contribution < -0.4 is 5.32 Å². The van der Waals surface area contributed by atoms with E-state index in [1.807, 2.05) is 0 Å². The average molecular weight is 296 g/mol. The number of carboxylic acids is 1. The molecule has 0 bridgehead atoms. The van der Waals surface area contributed by atoms with Crippen LogP contribution in [0.15, 0.2) is 12.2 Å². The number of carbonyl (C=O) groups excluding carboxylic acids is 1. The Morgan fingerprint density at radius 2 is 2.00 bits per heavy atom. The van der Waals surface area contributed by atoms with Gasteiger partial charge < -0.3 is 15.2 Å². The van der Waals surface area contributed by atoms with Gasteiger partial charge in [-0.15, -0.1) is 0 Å². The predicted octanol–water partition coefficient (Wildman–Crippen LogP) is 2.88. The Morgan fingerprint density at radius 1 is 1.24 bits per heavy atom. The van der Waals surface area contributed by atoms with Gasteiger partial charge in [0.05, 0.1) is 0 Å². The van der Waals surface area contributed by atoms with Crippen LogP contribution in [-0.4, -0.2) is 35.5 Å². The first-order valence-electron chi connectivity index (χ1n) is 7.50. The largest absolute Gasteiger partial charge is 0.477 e. The van der Waals surface area contributed by atoms with Gasteiger partial charge in [0.2, 0.25) is 0 Å². The van der Waals surface area contributed by atoms with Crippen LogP contribution in [0.25, 0.3) is 0 Å². The third-order valence-electron chi connectivity index (χ3n) is 3.37. The molecular weight excluding hydrogens is 272 g/mol. The fourth-order valence-electron chi connectivity index (χ4n) is 2.16. The molecule has 0 heterocycles. The molecule has 118 valence electrons. The van der Waals surface area contributed by atoms with Crippen molar-refractivity contribution in [3.05, 3.63) is 12.2 Å². The molecule has 0 aromatic heterocycles. The van der Waals surface area contributed by atoms with E-state index < -0.39 is 12.1 Å². The summed E-state index contributed by atoms with van der Waals surface area (Å²) in [4.78, 5) is 22.1. The van der Waals surface area contributed by atoms with Crippen LogP contribution in [0, 0.1) is 5.41 Å². The summed E-state index contributed by atoms with van der Waals surface area (Å²) < 4.78 is 5.37. The van der Waals surface area contributed by atoms with E-state index in [-0.39, 0.29) is 18.2 Å². The minimum Gasteiger partial charge on any atom is -0.477 e. The summed E-state index contributed by atoms with van der Waals surface area (Å²) in [5.41, 5.74) is -0.292. The van der Waals surface area contributed by atoms with Crippen molar-refractivity contribution in [2.24, 2.45) is 0 Å². The molecule has 0 aromatic carbocycles. The van der Waals surface area contributed by atoms with E-state index in [2.05, 4.69) is 17.5 Å². The van der Waals surface area contributed by atoms with Gasteiger partial charge in [0, 0.05) is 6.54 Å². The maximum atomic E-state index is 11.6. The van der Waals surface area contributed by atoms with Crippen molar-refractivity contribution in [3.63, 3.8) is 0 Å². The van der Waals surface area contributed by atoms with Crippen molar-refractivity contribution in [1.82, 2.24) is 5.32 Å². The van der Waals surface area contributed by atoms with Gasteiger partial charge in [-0.25, -0.2) is 9.59 Å². The average Bonchev–Trinajstić information content (AvgIpc) is 2.41. The number of unbranched alkanes of at least 4 members (excludes halogenated alkanes) is 1. The molecule has 1 atom stereocenters. The summed E-state index contributed by atoms with van der Waals surface area (Å²) in [6.07, 6.45) is 10.1. The van der Waals surface area contributed by atoms with Gasteiger partial charge in [-0.2, -0.15) is 0 Å². The van der Waals surface area contributed by atoms with E-state index in [1.54, 1.807) is 0 Å². The Balaban J connectivity index is 2.09. The summed E-state index contributed by atoms with van der Waals surface area (Å²) in [5.74, 6) is -1.18. The molecule has 0 saturated carbocycles. The summed E-state index contributed by atoms with van der Waals surface area (Å²) in [6, 6.07) is 0. The Hall–Kier alpha value is -1.85. The molecule has 0 fully saturated rings. The first-order valence-corrected chi connectivity index (χ1v) is 7.50. The standard InChI is InChI=1S/C15H24N2O4/c16-13(14(18)19)10-6-7-11-17-15(20)21-12-8-4-2-1-3-5-9-12/h1-2,12,16H,3-11H2,(H,17,20)(H,18,19). The number of carboxylic acid groups (broad SMARTS) is 1. The number of rotatable bonds is 7. The number of nitrogens with one attached hydrogen (secondary N) is 2. The SMILES string of the molecule is N=C(CCCCNC(=O)OC1CCC=CCCC1)C(=O)O. The van der Waals surface area contributed by atoms with E-state index in [4.69, 9.17) is 15.3 Å². The second-order valence-electron chi connectivity index (χ2n) is 5.17. The van der Waals surface area contributed by atoms with Gasteiger partial charge >= 0.3 is 12.1 Å². The molecule has 1 aliphatic rings. The van der Waals surface area contributed by atoms with E-state index in [9.17, 15) is 9.59 Å². The molecule has 1 unspecified atom stereocenters. The molecule has 0 aliphatic heterocycles. The second-order valence-corrected chi connectivity index (χ2v) is 5.17. The van der Waals surface area contributed by atoms with Crippen LogP contribution in [0.4, 0.5) is 4.79 Å². The van der Waals surface area contributed by atoms with Crippen LogP contribution in [0.2, 0.25) is 0 Å². The summed E-state index contributed by atoms with van der Waals surface area (Å²) >= 11 is 0. The van der Waals surface area contributed by atoms with Gasteiger partial charge in [0.15, 0.2) is 0 Å². The highest BCUT2D eigenvalue weighted by Gasteiger charge is 2.14. The molecule has 0 aromatic rings. The maximum absolute atomic E-state index is 11.6. The summed E-state index contributed by atoms with van der Waals surface area (Å²) in [5, 5.41) is 18.4. The Kier molecular flexibility index (Phi) is 8.16. The number of carbonyl (C=O) groups is 2.